The SMILES string of the molecule is Cc1ccc(CC(=O)Nc2cccc(C(=O)Nc3c(C)n(C)n(-c4ccccc4)c3=O)c2)cc1C. The Morgan fingerprint density at radius 1 is 0.829 bits per heavy atom. The third-order valence-electron chi connectivity index (χ3n) is 6.14. The molecule has 2 N–H and O–H groups in total. The Morgan fingerprint density at radius 2 is 1.57 bits per heavy atom. The monoisotopic (exact) mass is 468 g/mol. The average Bonchev–Trinajstić information content (AvgIpc) is 3.05. The zero-order chi connectivity index (χ0) is 25.1. The van der Waals surface area contributed by atoms with Gasteiger partial charge >= 0.3 is 0 Å². The molecular weight excluding hydrogens is 440 g/mol. The van der Waals surface area contributed by atoms with E-state index in [-0.39, 0.29) is 23.6 Å². The molecular formula is C28H28N4O3. The molecule has 0 aliphatic heterocycles. The molecule has 0 saturated heterocycles. The van der Waals surface area contributed by atoms with E-state index in [0.29, 0.717) is 22.6 Å². The number of aryl methyl sites for hydroxylation is 2. The van der Waals surface area contributed by atoms with Crippen molar-refractivity contribution in [2.75, 3.05) is 10.6 Å². The van der Waals surface area contributed by atoms with E-state index in [4.69, 9.17) is 0 Å². The molecule has 178 valence electrons. The summed E-state index contributed by atoms with van der Waals surface area (Å²) in [6.07, 6.45) is 0.236. The third-order valence-corrected chi connectivity index (χ3v) is 6.14. The van der Waals surface area contributed by atoms with Crippen LogP contribution in [0.25, 0.3) is 5.69 Å². The van der Waals surface area contributed by atoms with Gasteiger partial charge in [-0.15, -0.1) is 0 Å². The fourth-order valence-corrected chi connectivity index (χ4v) is 3.94. The molecule has 0 saturated carbocycles. The number of rotatable bonds is 6. The number of aromatic nitrogens is 2. The number of carbonyl (C=O) groups is 2. The van der Waals surface area contributed by atoms with Crippen molar-refractivity contribution in [1.29, 1.82) is 0 Å². The Kier molecular flexibility index (Phi) is 6.68. The molecule has 0 radical (unpaired) electrons. The molecule has 7 heteroatoms. The molecule has 1 aromatic heterocycles. The summed E-state index contributed by atoms with van der Waals surface area (Å²) in [5, 5.41) is 5.60. The summed E-state index contributed by atoms with van der Waals surface area (Å²) < 4.78 is 3.21. The van der Waals surface area contributed by atoms with E-state index in [1.54, 1.807) is 42.9 Å². The first-order valence-electron chi connectivity index (χ1n) is 11.4. The quantitative estimate of drug-likeness (QED) is 0.436. The fourth-order valence-electron chi connectivity index (χ4n) is 3.94. The molecule has 4 aromatic rings. The van der Waals surface area contributed by atoms with Crippen molar-refractivity contribution >= 4 is 23.2 Å². The maximum absolute atomic E-state index is 13.1. The van der Waals surface area contributed by atoms with Gasteiger partial charge in [0.05, 0.1) is 17.8 Å². The molecule has 0 aliphatic carbocycles. The Balaban J connectivity index is 1.50. The lowest BCUT2D eigenvalue weighted by molar-refractivity contribution is -0.115. The number of anilines is 2. The summed E-state index contributed by atoms with van der Waals surface area (Å²) in [5.41, 5.74) is 5.32. The molecule has 0 unspecified atom stereocenters. The van der Waals surface area contributed by atoms with Crippen molar-refractivity contribution in [2.45, 2.75) is 27.2 Å². The molecule has 35 heavy (non-hydrogen) atoms. The Hall–Kier alpha value is -4.39. The second-order valence-electron chi connectivity index (χ2n) is 8.62. The van der Waals surface area contributed by atoms with Gasteiger partial charge in [0.25, 0.3) is 11.5 Å². The Morgan fingerprint density at radius 3 is 2.29 bits per heavy atom. The highest BCUT2D eigenvalue weighted by Gasteiger charge is 2.19. The van der Waals surface area contributed by atoms with Crippen molar-refractivity contribution in [3.8, 4) is 5.69 Å². The predicted molar refractivity (Wildman–Crippen MR) is 138 cm³/mol. The Labute approximate surface area is 204 Å². The van der Waals surface area contributed by atoms with Gasteiger partial charge in [-0.25, -0.2) is 4.68 Å². The lowest BCUT2D eigenvalue weighted by Gasteiger charge is -2.09. The molecule has 1 heterocycles. The fraction of sp³-hybridized carbons (Fsp3) is 0.179. The second-order valence-corrected chi connectivity index (χ2v) is 8.62. The van der Waals surface area contributed by atoms with E-state index in [1.807, 2.05) is 62.4 Å². The summed E-state index contributed by atoms with van der Waals surface area (Å²) in [6, 6.07) is 21.8. The lowest BCUT2D eigenvalue weighted by Crippen LogP contribution is -2.23. The molecule has 4 rings (SSSR count). The maximum Gasteiger partial charge on any atom is 0.295 e. The zero-order valence-corrected chi connectivity index (χ0v) is 20.3. The van der Waals surface area contributed by atoms with Crippen LogP contribution in [-0.4, -0.2) is 21.2 Å². The minimum absolute atomic E-state index is 0.171. The minimum atomic E-state index is -0.429. The number of para-hydroxylation sites is 1. The molecule has 0 atom stereocenters. The first-order valence-corrected chi connectivity index (χ1v) is 11.4. The normalized spacial score (nSPS) is 10.7. The number of hydrogen-bond acceptors (Lipinski definition) is 3. The predicted octanol–water partition coefficient (Wildman–Crippen LogP) is 4.53. The van der Waals surface area contributed by atoms with Crippen molar-refractivity contribution in [3.63, 3.8) is 0 Å². The number of nitrogens with zero attached hydrogens (tertiary/aromatic N) is 2. The average molecular weight is 469 g/mol. The van der Waals surface area contributed by atoms with E-state index in [0.717, 1.165) is 11.1 Å². The van der Waals surface area contributed by atoms with Gasteiger partial charge in [0.15, 0.2) is 0 Å². The lowest BCUT2D eigenvalue weighted by atomic mass is 10.0. The zero-order valence-electron chi connectivity index (χ0n) is 20.3. The molecule has 0 bridgehead atoms. The van der Waals surface area contributed by atoms with Crippen LogP contribution in [0.3, 0.4) is 0 Å². The van der Waals surface area contributed by atoms with Gasteiger partial charge in [-0.1, -0.05) is 42.5 Å². The van der Waals surface area contributed by atoms with Gasteiger partial charge in [-0.2, -0.15) is 0 Å². The number of hydrogen-bond donors (Lipinski definition) is 2. The van der Waals surface area contributed by atoms with Crippen molar-refractivity contribution < 1.29 is 9.59 Å². The van der Waals surface area contributed by atoms with E-state index in [2.05, 4.69) is 10.6 Å². The van der Waals surface area contributed by atoms with Crippen LogP contribution in [0.2, 0.25) is 0 Å². The van der Waals surface area contributed by atoms with E-state index >= 15 is 0 Å². The van der Waals surface area contributed by atoms with E-state index < -0.39 is 5.91 Å². The maximum atomic E-state index is 13.1. The number of nitrogens with one attached hydrogen (secondary N) is 2. The highest BCUT2D eigenvalue weighted by molar-refractivity contribution is 6.05. The summed E-state index contributed by atoms with van der Waals surface area (Å²) in [5.74, 6) is -0.600. The molecule has 3 aromatic carbocycles. The summed E-state index contributed by atoms with van der Waals surface area (Å²) >= 11 is 0. The van der Waals surface area contributed by atoms with Crippen molar-refractivity contribution in [1.82, 2.24) is 9.36 Å². The van der Waals surface area contributed by atoms with Gasteiger partial charge in [-0.3, -0.25) is 19.1 Å². The molecule has 0 fully saturated rings. The molecule has 0 aliphatic rings. The first kappa shape index (κ1) is 23.8. The van der Waals surface area contributed by atoms with Crippen LogP contribution in [-0.2, 0) is 18.3 Å². The van der Waals surface area contributed by atoms with Crippen LogP contribution >= 0.6 is 0 Å². The van der Waals surface area contributed by atoms with Crippen LogP contribution in [0, 0.1) is 20.8 Å². The standard InChI is InChI=1S/C28H28N4O3/c1-18-13-14-21(15-19(18)2)16-25(33)29-23-10-8-9-22(17-23)27(34)30-26-20(3)31(4)32(28(26)35)24-11-6-5-7-12-24/h5-15,17H,16H2,1-4H3,(H,29,33)(H,30,34). The van der Waals surface area contributed by atoms with Gasteiger partial charge in [0.2, 0.25) is 5.91 Å². The van der Waals surface area contributed by atoms with Crippen LogP contribution in [0.15, 0.2) is 77.6 Å². The van der Waals surface area contributed by atoms with Crippen LogP contribution in [0.5, 0.6) is 0 Å². The molecule has 0 spiro atoms. The molecule has 7 nitrogen and oxygen atoms in total. The smallest absolute Gasteiger partial charge is 0.295 e. The summed E-state index contributed by atoms with van der Waals surface area (Å²) in [6.45, 7) is 5.82. The Bertz CT molecular complexity index is 1470. The largest absolute Gasteiger partial charge is 0.326 e. The van der Waals surface area contributed by atoms with Gasteiger partial charge in [0.1, 0.15) is 5.69 Å². The van der Waals surface area contributed by atoms with Crippen molar-refractivity contribution in [3.05, 3.63) is 111 Å². The van der Waals surface area contributed by atoms with Crippen LogP contribution in [0.1, 0.15) is 32.7 Å². The number of benzene rings is 3. The van der Waals surface area contributed by atoms with Gasteiger partial charge in [0, 0.05) is 18.3 Å². The summed E-state index contributed by atoms with van der Waals surface area (Å²) in [4.78, 5) is 38.6. The topological polar surface area (TPSA) is 85.1 Å². The summed E-state index contributed by atoms with van der Waals surface area (Å²) in [7, 11) is 1.77. The number of amides is 2. The van der Waals surface area contributed by atoms with E-state index in [1.165, 1.54) is 10.2 Å². The van der Waals surface area contributed by atoms with Crippen LogP contribution < -0.4 is 16.2 Å². The van der Waals surface area contributed by atoms with Crippen LogP contribution in [0.4, 0.5) is 11.4 Å². The van der Waals surface area contributed by atoms with E-state index in [9.17, 15) is 14.4 Å². The van der Waals surface area contributed by atoms with Gasteiger partial charge < -0.3 is 10.6 Å². The second kappa shape index (κ2) is 9.85. The van der Waals surface area contributed by atoms with Gasteiger partial charge in [-0.05, 0) is 67.8 Å². The highest BCUT2D eigenvalue weighted by atomic mass is 16.2. The number of carbonyl (C=O) groups excluding carboxylic acids is 2. The first-order chi connectivity index (χ1) is 16.7. The van der Waals surface area contributed by atoms with Crippen molar-refractivity contribution in [2.24, 2.45) is 7.05 Å². The minimum Gasteiger partial charge on any atom is -0.326 e. The molecule has 2 amide bonds. The third kappa shape index (κ3) is 5.09. The highest BCUT2D eigenvalue weighted by Crippen LogP contribution is 2.17.